The standard InChI is InChI=1S/C21H24F4N4O.C2HF3O2/c22-18-2-1-14(7-17(18)21(23,24)25)13-29-5-3-20(4-6-29)9-16(10-20)28-19(30)8-15-11-26-27-12-15;3-2(4,5)1(6)7/h1-2,7,11-12,16H,3-6,8-10,13H2,(H,26,27)(H,28,30);(H,6,7). The van der Waals surface area contributed by atoms with Crippen molar-refractivity contribution in [1.29, 1.82) is 0 Å². The maximum atomic E-state index is 13.5. The molecule has 1 saturated heterocycles. The highest BCUT2D eigenvalue weighted by Gasteiger charge is 2.46. The zero-order chi connectivity index (χ0) is 27.4. The van der Waals surface area contributed by atoms with E-state index in [-0.39, 0.29) is 17.4 Å². The van der Waals surface area contributed by atoms with Gasteiger partial charge in [-0.3, -0.25) is 14.8 Å². The molecule has 37 heavy (non-hydrogen) atoms. The van der Waals surface area contributed by atoms with Crippen molar-refractivity contribution in [1.82, 2.24) is 20.4 Å². The van der Waals surface area contributed by atoms with Crippen molar-refractivity contribution in [2.45, 2.75) is 57.0 Å². The summed E-state index contributed by atoms with van der Waals surface area (Å²) in [6.07, 6.45) is -2.34. The van der Waals surface area contributed by atoms with Gasteiger partial charge >= 0.3 is 18.3 Å². The molecule has 1 saturated carbocycles. The molecule has 1 aliphatic heterocycles. The van der Waals surface area contributed by atoms with Gasteiger partial charge in [-0.05, 0) is 67.4 Å². The van der Waals surface area contributed by atoms with Crippen molar-refractivity contribution in [2.24, 2.45) is 5.41 Å². The number of halogens is 7. The molecular weight excluding hydrogens is 513 g/mol. The lowest BCUT2D eigenvalue weighted by molar-refractivity contribution is -0.192. The van der Waals surface area contributed by atoms with Crippen LogP contribution in [0.5, 0.6) is 0 Å². The van der Waals surface area contributed by atoms with Crippen molar-refractivity contribution in [3.05, 3.63) is 53.1 Å². The number of alkyl halides is 6. The van der Waals surface area contributed by atoms with E-state index in [1.807, 2.05) is 0 Å². The van der Waals surface area contributed by atoms with Gasteiger partial charge in [0.05, 0.1) is 18.2 Å². The van der Waals surface area contributed by atoms with Gasteiger partial charge in [-0.25, -0.2) is 9.18 Å². The maximum Gasteiger partial charge on any atom is 0.490 e. The van der Waals surface area contributed by atoms with Crippen LogP contribution < -0.4 is 5.32 Å². The predicted molar refractivity (Wildman–Crippen MR) is 115 cm³/mol. The smallest absolute Gasteiger partial charge is 0.475 e. The number of aromatic amines is 1. The van der Waals surface area contributed by atoms with Gasteiger partial charge in [0.1, 0.15) is 5.82 Å². The predicted octanol–water partition coefficient (Wildman–Crippen LogP) is 4.30. The van der Waals surface area contributed by atoms with E-state index in [1.54, 1.807) is 12.4 Å². The second kappa shape index (κ2) is 11.1. The first-order valence-electron chi connectivity index (χ1n) is 11.3. The fraction of sp³-hybridized carbons (Fsp3) is 0.522. The number of nitrogens with zero attached hydrogens (tertiary/aromatic N) is 2. The number of piperidine rings is 1. The number of nitrogens with one attached hydrogen (secondary N) is 2. The molecule has 0 radical (unpaired) electrons. The Morgan fingerprint density at radius 2 is 1.73 bits per heavy atom. The third-order valence-corrected chi connectivity index (χ3v) is 6.55. The Hall–Kier alpha value is -3.16. The van der Waals surface area contributed by atoms with Crippen molar-refractivity contribution in [2.75, 3.05) is 13.1 Å². The van der Waals surface area contributed by atoms with Gasteiger partial charge in [-0.15, -0.1) is 0 Å². The molecule has 2 heterocycles. The third kappa shape index (κ3) is 7.91. The molecule has 1 aromatic heterocycles. The summed E-state index contributed by atoms with van der Waals surface area (Å²) in [6, 6.07) is 3.41. The second-order valence-electron chi connectivity index (χ2n) is 9.35. The van der Waals surface area contributed by atoms with Crippen LogP contribution in [0.1, 0.15) is 42.4 Å². The Kier molecular flexibility index (Phi) is 8.50. The van der Waals surface area contributed by atoms with Crippen LogP contribution in [-0.2, 0) is 28.7 Å². The van der Waals surface area contributed by atoms with Gasteiger partial charge < -0.3 is 10.4 Å². The number of amides is 1. The minimum absolute atomic E-state index is 0.00883. The van der Waals surface area contributed by atoms with Crippen LogP contribution in [-0.4, -0.2) is 57.4 Å². The largest absolute Gasteiger partial charge is 0.490 e. The molecular formula is C23H25F7N4O3. The van der Waals surface area contributed by atoms with Gasteiger partial charge in [0.2, 0.25) is 5.91 Å². The average Bonchev–Trinajstić information content (AvgIpc) is 3.27. The molecule has 3 N–H and O–H groups in total. The van der Waals surface area contributed by atoms with Crippen LogP contribution in [0.3, 0.4) is 0 Å². The van der Waals surface area contributed by atoms with Gasteiger partial charge in [-0.1, -0.05) is 6.07 Å². The quantitative estimate of drug-likeness (QED) is 0.493. The van der Waals surface area contributed by atoms with Crippen LogP contribution in [0.15, 0.2) is 30.6 Å². The normalized spacial score (nSPS) is 18.0. The molecule has 4 rings (SSSR count). The molecule has 1 spiro atoms. The number of benzene rings is 1. The SMILES string of the molecule is O=C(Cc1cn[nH]c1)NC1CC2(CCN(Cc3ccc(F)c(C(F)(F)F)c3)CC2)C1.O=C(O)C(F)(F)F. The molecule has 14 heteroatoms. The number of carbonyl (C=O) groups excluding carboxylic acids is 1. The number of aliphatic carboxylic acids is 1. The fourth-order valence-electron chi connectivity index (χ4n) is 4.67. The van der Waals surface area contributed by atoms with Crippen LogP contribution in [0, 0.1) is 11.2 Å². The van der Waals surface area contributed by atoms with E-state index in [2.05, 4.69) is 20.4 Å². The number of rotatable bonds is 5. The molecule has 1 aromatic carbocycles. The number of carboxylic acid groups (broad SMARTS) is 1. The van der Waals surface area contributed by atoms with Gasteiger partial charge in [0.15, 0.2) is 0 Å². The zero-order valence-corrected chi connectivity index (χ0v) is 19.4. The van der Waals surface area contributed by atoms with Crippen LogP contribution in [0.4, 0.5) is 30.7 Å². The fourth-order valence-corrected chi connectivity index (χ4v) is 4.67. The van der Waals surface area contributed by atoms with E-state index >= 15 is 0 Å². The first-order chi connectivity index (χ1) is 17.2. The maximum absolute atomic E-state index is 13.5. The first-order valence-corrected chi connectivity index (χ1v) is 11.3. The van der Waals surface area contributed by atoms with E-state index in [4.69, 9.17) is 9.90 Å². The van der Waals surface area contributed by atoms with Crippen molar-refractivity contribution < 1.29 is 45.4 Å². The Morgan fingerprint density at radius 1 is 1.11 bits per heavy atom. The number of H-pyrrole nitrogens is 1. The van der Waals surface area contributed by atoms with Gasteiger partial charge in [0, 0.05) is 18.8 Å². The Bertz CT molecular complexity index is 1070. The lowest BCUT2D eigenvalue weighted by atomic mass is 9.60. The number of carbonyl (C=O) groups is 2. The van der Waals surface area contributed by atoms with E-state index < -0.39 is 29.7 Å². The average molecular weight is 538 g/mol. The summed E-state index contributed by atoms with van der Waals surface area (Å²) in [5.41, 5.74) is 0.327. The zero-order valence-electron chi connectivity index (χ0n) is 19.4. The van der Waals surface area contributed by atoms with Crippen molar-refractivity contribution >= 4 is 11.9 Å². The molecule has 0 unspecified atom stereocenters. The minimum Gasteiger partial charge on any atom is -0.475 e. The number of hydrogen-bond donors (Lipinski definition) is 3. The number of aromatic nitrogens is 2. The summed E-state index contributed by atoms with van der Waals surface area (Å²) in [5, 5.41) is 16.7. The molecule has 0 bridgehead atoms. The van der Waals surface area contributed by atoms with Crippen molar-refractivity contribution in [3.63, 3.8) is 0 Å². The molecule has 1 amide bonds. The van der Waals surface area contributed by atoms with Crippen molar-refractivity contribution in [3.8, 4) is 0 Å². The molecule has 204 valence electrons. The third-order valence-electron chi connectivity index (χ3n) is 6.55. The summed E-state index contributed by atoms with van der Waals surface area (Å²) < 4.78 is 83.9. The summed E-state index contributed by atoms with van der Waals surface area (Å²) in [7, 11) is 0. The highest BCUT2D eigenvalue weighted by atomic mass is 19.4. The molecule has 2 aliphatic rings. The Balaban J connectivity index is 0.000000479. The monoisotopic (exact) mass is 538 g/mol. The molecule has 2 fully saturated rings. The Labute approximate surface area is 207 Å². The summed E-state index contributed by atoms with van der Waals surface area (Å²) >= 11 is 0. The second-order valence-corrected chi connectivity index (χ2v) is 9.35. The van der Waals surface area contributed by atoms with Gasteiger partial charge in [0.25, 0.3) is 0 Å². The van der Waals surface area contributed by atoms with E-state index in [1.165, 1.54) is 6.07 Å². The number of likely N-dealkylation sites (tertiary alicyclic amines) is 1. The van der Waals surface area contributed by atoms with E-state index in [0.29, 0.717) is 18.5 Å². The molecule has 0 atom stereocenters. The lowest BCUT2D eigenvalue weighted by Gasteiger charge is -2.52. The Morgan fingerprint density at radius 3 is 2.24 bits per heavy atom. The molecule has 2 aromatic rings. The minimum atomic E-state index is -5.08. The van der Waals surface area contributed by atoms with E-state index in [9.17, 15) is 35.5 Å². The number of carboxylic acids is 1. The van der Waals surface area contributed by atoms with Gasteiger partial charge in [-0.2, -0.15) is 31.4 Å². The highest BCUT2D eigenvalue weighted by Crippen LogP contribution is 2.49. The molecule has 7 nitrogen and oxygen atoms in total. The van der Waals surface area contributed by atoms with E-state index in [0.717, 1.165) is 56.5 Å². The lowest BCUT2D eigenvalue weighted by Crippen LogP contribution is -2.55. The number of hydrogen-bond acceptors (Lipinski definition) is 4. The summed E-state index contributed by atoms with van der Waals surface area (Å²) in [5.74, 6) is -4.00. The summed E-state index contributed by atoms with van der Waals surface area (Å²) in [4.78, 5) is 23.1. The van der Waals surface area contributed by atoms with Crippen LogP contribution >= 0.6 is 0 Å². The van der Waals surface area contributed by atoms with Crippen LogP contribution in [0.25, 0.3) is 0 Å². The summed E-state index contributed by atoms with van der Waals surface area (Å²) in [6.45, 7) is 1.95. The highest BCUT2D eigenvalue weighted by molar-refractivity contribution is 5.78. The molecule has 1 aliphatic carbocycles. The topological polar surface area (TPSA) is 98.3 Å². The first kappa shape index (κ1) is 28.4. The van der Waals surface area contributed by atoms with Crippen LogP contribution in [0.2, 0.25) is 0 Å².